The number of aliphatic hydroxyl groups excluding tert-OH is 1. The topological polar surface area (TPSA) is 49.3 Å². The van der Waals surface area contributed by atoms with Crippen LogP contribution < -0.4 is 5.32 Å². The smallest absolute Gasteiger partial charge is 0.223 e. The van der Waals surface area contributed by atoms with Crippen LogP contribution in [0.4, 0.5) is 4.39 Å². The maximum absolute atomic E-state index is 13.8. The Balaban J connectivity index is 1.97. The van der Waals surface area contributed by atoms with E-state index in [-0.39, 0.29) is 36.2 Å². The molecule has 0 aromatic heterocycles. The molecule has 0 heterocycles. The van der Waals surface area contributed by atoms with Gasteiger partial charge in [-0.15, -0.1) is 0 Å². The maximum Gasteiger partial charge on any atom is 0.223 e. The second kappa shape index (κ2) is 7.47. The zero-order valence-electron chi connectivity index (χ0n) is 11.8. The van der Waals surface area contributed by atoms with Gasteiger partial charge in [-0.2, -0.15) is 11.8 Å². The summed E-state index contributed by atoms with van der Waals surface area (Å²) in [5.41, 5.74) is 0.447. The standard InChI is InChI=1S/C15H19ClFNO2S/c1-21-8-9(5-6-19)18-15(20)11-7-10(11)14-12(16)3-2-4-13(14)17/h2-4,9-11,19H,5-8H2,1H3,(H,18,20). The zero-order valence-corrected chi connectivity index (χ0v) is 13.4. The van der Waals surface area contributed by atoms with E-state index in [1.54, 1.807) is 23.9 Å². The number of rotatable bonds is 7. The van der Waals surface area contributed by atoms with Crippen LogP contribution >= 0.6 is 23.4 Å². The SMILES string of the molecule is CSCC(CCO)NC(=O)C1CC1c1c(F)cccc1Cl. The van der Waals surface area contributed by atoms with Crippen molar-refractivity contribution in [2.75, 3.05) is 18.6 Å². The fourth-order valence-electron chi connectivity index (χ4n) is 2.53. The van der Waals surface area contributed by atoms with Crippen molar-refractivity contribution in [2.45, 2.75) is 24.8 Å². The Morgan fingerprint density at radius 1 is 1.62 bits per heavy atom. The van der Waals surface area contributed by atoms with Crippen LogP contribution in [0.25, 0.3) is 0 Å². The fraction of sp³-hybridized carbons (Fsp3) is 0.533. The predicted molar refractivity (Wildman–Crippen MR) is 84.3 cm³/mol. The summed E-state index contributed by atoms with van der Waals surface area (Å²) in [6.07, 6.45) is 3.11. The summed E-state index contributed by atoms with van der Waals surface area (Å²) < 4.78 is 13.8. The first-order chi connectivity index (χ1) is 10.1. The molecule has 1 saturated carbocycles. The molecule has 0 saturated heterocycles. The monoisotopic (exact) mass is 331 g/mol. The van der Waals surface area contributed by atoms with E-state index in [0.717, 1.165) is 5.75 Å². The molecule has 1 fully saturated rings. The molecule has 1 aromatic carbocycles. The van der Waals surface area contributed by atoms with Crippen molar-refractivity contribution in [3.63, 3.8) is 0 Å². The molecule has 3 nitrogen and oxygen atoms in total. The minimum absolute atomic E-state index is 0.0404. The zero-order chi connectivity index (χ0) is 15.4. The Morgan fingerprint density at radius 2 is 2.38 bits per heavy atom. The van der Waals surface area contributed by atoms with Gasteiger partial charge in [-0.1, -0.05) is 17.7 Å². The lowest BCUT2D eigenvalue weighted by atomic mass is 10.1. The van der Waals surface area contributed by atoms with Crippen molar-refractivity contribution in [1.82, 2.24) is 5.32 Å². The van der Waals surface area contributed by atoms with Gasteiger partial charge >= 0.3 is 0 Å². The Kier molecular flexibility index (Phi) is 5.90. The van der Waals surface area contributed by atoms with Crippen LogP contribution in [0.1, 0.15) is 24.3 Å². The Labute approximate surface area is 133 Å². The van der Waals surface area contributed by atoms with Gasteiger partial charge in [-0.05, 0) is 31.2 Å². The molecular formula is C15H19ClFNO2S. The van der Waals surface area contributed by atoms with Gasteiger partial charge in [0.05, 0.1) is 0 Å². The molecule has 1 aliphatic carbocycles. The van der Waals surface area contributed by atoms with Gasteiger partial charge in [-0.3, -0.25) is 4.79 Å². The largest absolute Gasteiger partial charge is 0.396 e. The molecule has 0 radical (unpaired) electrons. The number of benzene rings is 1. The van der Waals surface area contributed by atoms with E-state index in [4.69, 9.17) is 16.7 Å². The molecule has 2 N–H and O–H groups in total. The highest BCUT2D eigenvalue weighted by molar-refractivity contribution is 7.98. The summed E-state index contributed by atoms with van der Waals surface area (Å²) in [6, 6.07) is 4.54. The summed E-state index contributed by atoms with van der Waals surface area (Å²) in [5.74, 6) is -0.0275. The fourth-order valence-corrected chi connectivity index (χ4v) is 3.49. The van der Waals surface area contributed by atoms with Crippen LogP contribution in [-0.2, 0) is 4.79 Å². The molecule has 21 heavy (non-hydrogen) atoms. The first-order valence-corrected chi connectivity index (χ1v) is 8.69. The van der Waals surface area contributed by atoms with E-state index >= 15 is 0 Å². The van der Waals surface area contributed by atoms with Crippen molar-refractivity contribution >= 4 is 29.3 Å². The third-order valence-corrected chi connectivity index (χ3v) is 4.75. The first-order valence-electron chi connectivity index (χ1n) is 6.92. The summed E-state index contributed by atoms with van der Waals surface area (Å²) in [5, 5.41) is 12.3. The maximum atomic E-state index is 13.8. The van der Waals surface area contributed by atoms with Gasteiger partial charge in [0.2, 0.25) is 5.91 Å². The molecule has 2 rings (SSSR count). The van der Waals surface area contributed by atoms with Gasteiger partial charge in [0.25, 0.3) is 0 Å². The quantitative estimate of drug-likeness (QED) is 0.807. The molecule has 3 unspecified atom stereocenters. The minimum atomic E-state index is -0.348. The second-order valence-corrected chi connectivity index (χ2v) is 6.58. The number of carbonyl (C=O) groups is 1. The number of thioether (sulfide) groups is 1. The van der Waals surface area contributed by atoms with Crippen molar-refractivity contribution < 1.29 is 14.3 Å². The van der Waals surface area contributed by atoms with Gasteiger partial charge in [0, 0.05) is 40.8 Å². The highest BCUT2D eigenvalue weighted by Crippen LogP contribution is 2.50. The Hall–Kier alpha value is -0.780. The number of amides is 1. The van der Waals surface area contributed by atoms with Crippen molar-refractivity contribution in [2.24, 2.45) is 5.92 Å². The van der Waals surface area contributed by atoms with E-state index in [1.807, 2.05) is 6.26 Å². The van der Waals surface area contributed by atoms with Crippen LogP contribution in [-0.4, -0.2) is 35.7 Å². The Bertz CT molecular complexity index is 488. The van der Waals surface area contributed by atoms with E-state index < -0.39 is 0 Å². The van der Waals surface area contributed by atoms with Crippen LogP contribution in [0, 0.1) is 11.7 Å². The first kappa shape index (κ1) is 16.6. The van der Waals surface area contributed by atoms with E-state index in [1.165, 1.54) is 6.07 Å². The summed E-state index contributed by atoms with van der Waals surface area (Å²) in [6.45, 7) is 0.0404. The molecule has 0 aliphatic heterocycles. The lowest BCUT2D eigenvalue weighted by Crippen LogP contribution is -2.38. The third kappa shape index (κ3) is 4.11. The molecular weight excluding hydrogens is 313 g/mol. The lowest BCUT2D eigenvalue weighted by molar-refractivity contribution is -0.123. The van der Waals surface area contributed by atoms with Gasteiger partial charge < -0.3 is 10.4 Å². The predicted octanol–water partition coefficient (Wildman–Crippen LogP) is 2.81. The second-order valence-electron chi connectivity index (χ2n) is 5.26. The number of halogens is 2. The third-order valence-electron chi connectivity index (χ3n) is 3.69. The number of carbonyl (C=O) groups excluding carboxylic acids is 1. The van der Waals surface area contributed by atoms with Gasteiger partial charge in [-0.25, -0.2) is 4.39 Å². The average molecular weight is 332 g/mol. The van der Waals surface area contributed by atoms with E-state index in [0.29, 0.717) is 23.4 Å². The minimum Gasteiger partial charge on any atom is -0.396 e. The van der Waals surface area contributed by atoms with E-state index in [2.05, 4.69) is 5.32 Å². The molecule has 1 amide bonds. The van der Waals surface area contributed by atoms with E-state index in [9.17, 15) is 9.18 Å². The van der Waals surface area contributed by atoms with Crippen molar-refractivity contribution in [3.8, 4) is 0 Å². The molecule has 1 aromatic rings. The van der Waals surface area contributed by atoms with Crippen LogP contribution in [0.15, 0.2) is 18.2 Å². The van der Waals surface area contributed by atoms with Gasteiger partial charge in [0.1, 0.15) is 5.82 Å². The Morgan fingerprint density at radius 3 is 3.00 bits per heavy atom. The summed E-state index contributed by atoms with van der Waals surface area (Å²) in [4.78, 5) is 12.2. The lowest BCUT2D eigenvalue weighted by Gasteiger charge is -2.16. The molecule has 0 bridgehead atoms. The molecule has 6 heteroatoms. The molecule has 1 aliphatic rings. The van der Waals surface area contributed by atoms with Crippen molar-refractivity contribution in [3.05, 3.63) is 34.6 Å². The average Bonchev–Trinajstić information content (AvgIpc) is 3.19. The normalized spacial score (nSPS) is 21.9. The number of nitrogens with one attached hydrogen (secondary N) is 1. The van der Waals surface area contributed by atoms with Crippen LogP contribution in [0.2, 0.25) is 5.02 Å². The van der Waals surface area contributed by atoms with Crippen molar-refractivity contribution in [1.29, 1.82) is 0 Å². The molecule has 116 valence electrons. The molecule has 0 spiro atoms. The van der Waals surface area contributed by atoms with Crippen LogP contribution in [0.5, 0.6) is 0 Å². The number of aliphatic hydroxyl groups is 1. The highest BCUT2D eigenvalue weighted by Gasteiger charge is 2.46. The number of hydrogen-bond donors (Lipinski definition) is 2. The highest BCUT2D eigenvalue weighted by atomic mass is 35.5. The summed E-state index contributed by atoms with van der Waals surface area (Å²) >= 11 is 7.65. The molecule has 3 atom stereocenters. The van der Waals surface area contributed by atoms with Gasteiger partial charge in [0.15, 0.2) is 0 Å². The summed E-state index contributed by atoms with van der Waals surface area (Å²) in [7, 11) is 0. The van der Waals surface area contributed by atoms with Crippen LogP contribution in [0.3, 0.4) is 0 Å². The number of hydrogen-bond acceptors (Lipinski definition) is 3.